The number of thiazole rings is 1. The number of carbonyl (C=O) groups is 1. The number of rotatable bonds is 5. The van der Waals surface area contributed by atoms with Crippen molar-refractivity contribution < 1.29 is 9.90 Å². The molecular formula is C12H13N3O2S. The lowest BCUT2D eigenvalue weighted by Gasteiger charge is -2.10. The van der Waals surface area contributed by atoms with Crippen LogP contribution in [0.25, 0.3) is 0 Å². The number of benzene rings is 1. The molecule has 2 aromatic rings. The van der Waals surface area contributed by atoms with Crippen LogP contribution in [0.4, 0.5) is 11.4 Å². The van der Waals surface area contributed by atoms with E-state index >= 15 is 0 Å². The van der Waals surface area contributed by atoms with E-state index in [1.54, 1.807) is 29.7 Å². The summed E-state index contributed by atoms with van der Waals surface area (Å²) in [6.45, 7) is 0.667. The Balaban J connectivity index is 2.01. The maximum atomic E-state index is 10.9. The highest BCUT2D eigenvalue weighted by atomic mass is 32.1. The van der Waals surface area contributed by atoms with Gasteiger partial charge in [0.1, 0.15) is 0 Å². The SMILES string of the molecule is Nc1c(NCCc2nccs2)cccc1C(=O)O. The molecule has 18 heavy (non-hydrogen) atoms. The lowest BCUT2D eigenvalue weighted by molar-refractivity contribution is 0.0698. The van der Waals surface area contributed by atoms with E-state index < -0.39 is 5.97 Å². The van der Waals surface area contributed by atoms with Crippen LogP contribution in [0.1, 0.15) is 15.4 Å². The zero-order valence-corrected chi connectivity index (χ0v) is 10.4. The van der Waals surface area contributed by atoms with Crippen LogP contribution in [0, 0.1) is 0 Å². The molecule has 0 bridgehead atoms. The summed E-state index contributed by atoms with van der Waals surface area (Å²) in [6, 6.07) is 4.93. The number of aromatic carboxylic acids is 1. The van der Waals surface area contributed by atoms with E-state index in [4.69, 9.17) is 10.8 Å². The van der Waals surface area contributed by atoms with Gasteiger partial charge in [0, 0.05) is 24.5 Å². The second-order valence-corrected chi connectivity index (χ2v) is 4.65. The monoisotopic (exact) mass is 263 g/mol. The van der Waals surface area contributed by atoms with Crippen molar-refractivity contribution in [3.05, 3.63) is 40.3 Å². The van der Waals surface area contributed by atoms with Crippen LogP contribution in [0.15, 0.2) is 29.8 Å². The minimum atomic E-state index is -1.02. The third-order valence-electron chi connectivity index (χ3n) is 2.47. The lowest BCUT2D eigenvalue weighted by Crippen LogP contribution is -2.10. The summed E-state index contributed by atoms with van der Waals surface area (Å²) in [4.78, 5) is 15.1. The van der Waals surface area contributed by atoms with Gasteiger partial charge in [0.2, 0.25) is 0 Å². The normalized spacial score (nSPS) is 10.2. The summed E-state index contributed by atoms with van der Waals surface area (Å²) >= 11 is 1.59. The van der Waals surface area contributed by atoms with Gasteiger partial charge < -0.3 is 16.2 Å². The van der Waals surface area contributed by atoms with E-state index in [2.05, 4.69) is 10.3 Å². The molecule has 2 rings (SSSR count). The number of carboxylic acid groups (broad SMARTS) is 1. The number of para-hydroxylation sites is 1. The number of hydrogen-bond donors (Lipinski definition) is 3. The van der Waals surface area contributed by atoms with Gasteiger partial charge in [-0.05, 0) is 12.1 Å². The standard InChI is InChI=1S/C12H13N3O2S/c13-11-8(12(16)17)2-1-3-9(11)14-5-4-10-15-6-7-18-10/h1-3,6-7,14H,4-5,13H2,(H,16,17). The van der Waals surface area contributed by atoms with Crippen LogP contribution in [-0.2, 0) is 6.42 Å². The zero-order valence-electron chi connectivity index (χ0n) is 9.59. The molecule has 0 aliphatic heterocycles. The number of nitrogen functional groups attached to an aromatic ring is 1. The average molecular weight is 263 g/mol. The summed E-state index contributed by atoms with van der Waals surface area (Å²) in [5.74, 6) is -1.02. The van der Waals surface area contributed by atoms with Crippen molar-refractivity contribution in [2.24, 2.45) is 0 Å². The molecular weight excluding hydrogens is 250 g/mol. The fourth-order valence-corrected chi connectivity index (χ4v) is 2.21. The molecule has 4 N–H and O–H groups in total. The Morgan fingerprint density at radius 1 is 1.50 bits per heavy atom. The van der Waals surface area contributed by atoms with Crippen LogP contribution in [-0.4, -0.2) is 22.6 Å². The minimum absolute atomic E-state index is 0.120. The van der Waals surface area contributed by atoms with E-state index in [1.807, 2.05) is 5.38 Å². The van der Waals surface area contributed by atoms with Gasteiger partial charge in [-0.3, -0.25) is 0 Å². The fourth-order valence-electron chi connectivity index (χ4n) is 1.59. The number of nitrogens with zero attached hydrogens (tertiary/aromatic N) is 1. The number of carboxylic acids is 1. The molecule has 1 heterocycles. The highest BCUT2D eigenvalue weighted by Crippen LogP contribution is 2.22. The Hall–Kier alpha value is -2.08. The largest absolute Gasteiger partial charge is 0.478 e. The van der Waals surface area contributed by atoms with Crippen molar-refractivity contribution in [2.75, 3.05) is 17.6 Å². The first-order chi connectivity index (χ1) is 8.68. The molecule has 0 aliphatic rings. The molecule has 1 aromatic carbocycles. The molecule has 0 spiro atoms. The van der Waals surface area contributed by atoms with E-state index in [1.165, 1.54) is 6.07 Å². The van der Waals surface area contributed by atoms with Crippen molar-refractivity contribution in [2.45, 2.75) is 6.42 Å². The number of hydrogen-bond acceptors (Lipinski definition) is 5. The van der Waals surface area contributed by atoms with E-state index in [-0.39, 0.29) is 11.3 Å². The average Bonchev–Trinajstić information content (AvgIpc) is 2.84. The smallest absolute Gasteiger partial charge is 0.337 e. The van der Waals surface area contributed by atoms with Gasteiger partial charge in [-0.15, -0.1) is 11.3 Å². The van der Waals surface area contributed by atoms with Gasteiger partial charge in [-0.2, -0.15) is 0 Å². The van der Waals surface area contributed by atoms with Gasteiger partial charge >= 0.3 is 5.97 Å². The van der Waals surface area contributed by atoms with Gasteiger partial charge in [0.25, 0.3) is 0 Å². The van der Waals surface area contributed by atoms with E-state index in [9.17, 15) is 4.79 Å². The molecule has 0 fully saturated rings. The fraction of sp³-hybridized carbons (Fsp3) is 0.167. The van der Waals surface area contributed by atoms with Gasteiger partial charge in [0.05, 0.1) is 21.9 Å². The second kappa shape index (κ2) is 5.50. The Morgan fingerprint density at radius 2 is 2.33 bits per heavy atom. The van der Waals surface area contributed by atoms with Crippen molar-refractivity contribution >= 4 is 28.7 Å². The quantitative estimate of drug-likeness (QED) is 0.719. The van der Waals surface area contributed by atoms with E-state index in [0.29, 0.717) is 12.2 Å². The third kappa shape index (κ3) is 2.78. The van der Waals surface area contributed by atoms with Crippen LogP contribution in [0.3, 0.4) is 0 Å². The minimum Gasteiger partial charge on any atom is -0.478 e. The molecule has 1 aromatic heterocycles. The summed E-state index contributed by atoms with van der Waals surface area (Å²) < 4.78 is 0. The van der Waals surface area contributed by atoms with Gasteiger partial charge in [-0.25, -0.2) is 9.78 Å². The number of anilines is 2. The van der Waals surface area contributed by atoms with Crippen molar-refractivity contribution in [3.8, 4) is 0 Å². The zero-order chi connectivity index (χ0) is 13.0. The number of aromatic nitrogens is 1. The molecule has 0 amide bonds. The summed E-state index contributed by atoms with van der Waals surface area (Å²) in [5, 5.41) is 15.0. The molecule has 94 valence electrons. The summed E-state index contributed by atoms with van der Waals surface area (Å²) in [6.07, 6.45) is 2.55. The van der Waals surface area contributed by atoms with Crippen LogP contribution < -0.4 is 11.1 Å². The molecule has 0 aliphatic carbocycles. The van der Waals surface area contributed by atoms with Gasteiger partial charge in [0.15, 0.2) is 0 Å². The van der Waals surface area contributed by atoms with Crippen LogP contribution >= 0.6 is 11.3 Å². The molecule has 6 heteroatoms. The highest BCUT2D eigenvalue weighted by molar-refractivity contribution is 7.09. The third-order valence-corrected chi connectivity index (χ3v) is 3.31. The van der Waals surface area contributed by atoms with Crippen molar-refractivity contribution in [1.82, 2.24) is 4.98 Å². The molecule has 0 unspecified atom stereocenters. The van der Waals surface area contributed by atoms with Crippen LogP contribution in [0.2, 0.25) is 0 Å². The summed E-state index contributed by atoms with van der Waals surface area (Å²) in [7, 11) is 0. The highest BCUT2D eigenvalue weighted by Gasteiger charge is 2.10. The first-order valence-electron chi connectivity index (χ1n) is 5.42. The van der Waals surface area contributed by atoms with Crippen LogP contribution in [0.5, 0.6) is 0 Å². The van der Waals surface area contributed by atoms with Gasteiger partial charge in [-0.1, -0.05) is 6.07 Å². The maximum absolute atomic E-state index is 10.9. The maximum Gasteiger partial charge on any atom is 0.337 e. The molecule has 0 saturated carbocycles. The van der Waals surface area contributed by atoms with E-state index in [0.717, 1.165) is 11.4 Å². The molecule has 0 atom stereocenters. The first-order valence-corrected chi connectivity index (χ1v) is 6.30. The molecule has 0 radical (unpaired) electrons. The number of nitrogens with two attached hydrogens (primary N) is 1. The lowest BCUT2D eigenvalue weighted by atomic mass is 10.1. The Bertz CT molecular complexity index is 540. The Morgan fingerprint density at radius 3 is 3.00 bits per heavy atom. The second-order valence-electron chi connectivity index (χ2n) is 3.67. The topological polar surface area (TPSA) is 88.2 Å². The Labute approximate surface area is 108 Å². The number of nitrogens with one attached hydrogen (secondary N) is 1. The molecule has 0 saturated heterocycles. The Kier molecular flexibility index (Phi) is 3.78. The van der Waals surface area contributed by atoms with Crippen molar-refractivity contribution in [1.29, 1.82) is 0 Å². The first kappa shape index (κ1) is 12.4. The summed E-state index contributed by atoms with van der Waals surface area (Å²) in [5.41, 5.74) is 6.82. The predicted octanol–water partition coefficient (Wildman–Crippen LogP) is 2.08. The molecule has 5 nitrogen and oxygen atoms in total. The predicted molar refractivity (Wildman–Crippen MR) is 72.1 cm³/mol. The van der Waals surface area contributed by atoms with Crippen molar-refractivity contribution in [3.63, 3.8) is 0 Å².